The lowest BCUT2D eigenvalue weighted by molar-refractivity contribution is 0.135. The second-order valence-electron chi connectivity index (χ2n) is 6.57. The van der Waals surface area contributed by atoms with Gasteiger partial charge in [-0.3, -0.25) is 4.90 Å². The van der Waals surface area contributed by atoms with Crippen LogP contribution in [-0.4, -0.2) is 62.8 Å². The molecule has 6 nitrogen and oxygen atoms in total. The molecule has 0 spiro atoms. The molecule has 1 N–H and O–H groups in total. The second-order valence-corrected chi connectivity index (χ2v) is 7.35. The number of carbonyl (C=O) groups excluding carboxylic acids is 1. The minimum atomic E-state index is 0.0191. The number of hydrogen-bond donors (Lipinski definition) is 1. The van der Waals surface area contributed by atoms with Crippen LogP contribution >= 0.6 is 11.3 Å². The molecule has 0 saturated carbocycles. The molecular formula is C20H27N3O3S. The van der Waals surface area contributed by atoms with Crippen molar-refractivity contribution in [2.24, 2.45) is 0 Å². The van der Waals surface area contributed by atoms with Crippen molar-refractivity contribution in [1.82, 2.24) is 15.1 Å². The number of nitrogens with zero attached hydrogens (tertiary/aromatic N) is 2. The maximum atomic E-state index is 12.4. The molecule has 1 fully saturated rings. The molecule has 0 unspecified atom stereocenters. The Labute approximate surface area is 164 Å². The number of carbonyl (C=O) groups is 1. The first-order valence-electron chi connectivity index (χ1n) is 9.16. The zero-order chi connectivity index (χ0) is 19.1. The number of amides is 2. The number of nitrogens with one attached hydrogen (secondary N) is 1. The van der Waals surface area contributed by atoms with Gasteiger partial charge in [0, 0.05) is 39.3 Å². The molecule has 0 atom stereocenters. The molecule has 0 bridgehead atoms. The van der Waals surface area contributed by atoms with E-state index in [1.807, 2.05) is 23.1 Å². The first-order chi connectivity index (χ1) is 13.2. The standard InChI is InChI=1S/C20H27N3O3S/c1-25-18-4-3-16(13-19(18)26-2)5-7-21-20(24)23-10-8-22(9-11-23)14-17-6-12-27-15-17/h3-4,6,12-13,15H,5,7-11,14H2,1-2H3,(H,21,24). The largest absolute Gasteiger partial charge is 0.493 e. The second kappa shape index (κ2) is 9.62. The number of thiophene rings is 1. The maximum absolute atomic E-state index is 12.4. The van der Waals surface area contributed by atoms with Crippen LogP contribution in [0.2, 0.25) is 0 Å². The molecule has 1 aliphatic heterocycles. The van der Waals surface area contributed by atoms with Crippen LogP contribution in [0.4, 0.5) is 4.79 Å². The van der Waals surface area contributed by atoms with Gasteiger partial charge in [-0.05, 0) is 46.5 Å². The normalized spacial score (nSPS) is 14.8. The van der Waals surface area contributed by atoms with Gasteiger partial charge < -0.3 is 19.7 Å². The zero-order valence-corrected chi connectivity index (χ0v) is 16.8. The molecule has 2 aromatic rings. The smallest absolute Gasteiger partial charge is 0.317 e. The fourth-order valence-corrected chi connectivity index (χ4v) is 3.87. The van der Waals surface area contributed by atoms with Gasteiger partial charge in [-0.25, -0.2) is 4.79 Å². The van der Waals surface area contributed by atoms with Crippen LogP contribution in [0.5, 0.6) is 11.5 Å². The van der Waals surface area contributed by atoms with Crippen molar-refractivity contribution >= 4 is 17.4 Å². The lowest BCUT2D eigenvalue weighted by Gasteiger charge is -2.34. The van der Waals surface area contributed by atoms with Gasteiger partial charge in [-0.15, -0.1) is 0 Å². The van der Waals surface area contributed by atoms with Crippen LogP contribution in [0.3, 0.4) is 0 Å². The van der Waals surface area contributed by atoms with Gasteiger partial charge >= 0.3 is 6.03 Å². The number of hydrogen-bond acceptors (Lipinski definition) is 5. The lowest BCUT2D eigenvalue weighted by atomic mass is 10.1. The molecule has 1 aromatic carbocycles. The Morgan fingerprint density at radius 2 is 1.85 bits per heavy atom. The third kappa shape index (κ3) is 5.37. The quantitative estimate of drug-likeness (QED) is 0.791. The Morgan fingerprint density at radius 1 is 1.07 bits per heavy atom. The Morgan fingerprint density at radius 3 is 2.52 bits per heavy atom. The summed E-state index contributed by atoms with van der Waals surface area (Å²) in [5.41, 5.74) is 2.46. The summed E-state index contributed by atoms with van der Waals surface area (Å²) in [5.74, 6) is 1.42. The summed E-state index contributed by atoms with van der Waals surface area (Å²) in [7, 11) is 3.25. The van der Waals surface area contributed by atoms with Gasteiger partial charge in [-0.2, -0.15) is 11.3 Å². The topological polar surface area (TPSA) is 54.0 Å². The summed E-state index contributed by atoms with van der Waals surface area (Å²) >= 11 is 1.73. The Bertz CT molecular complexity index is 728. The van der Waals surface area contributed by atoms with Crippen molar-refractivity contribution in [3.8, 4) is 11.5 Å². The summed E-state index contributed by atoms with van der Waals surface area (Å²) in [6.45, 7) is 4.94. The van der Waals surface area contributed by atoms with Crippen LogP contribution in [-0.2, 0) is 13.0 Å². The minimum absolute atomic E-state index is 0.0191. The highest BCUT2D eigenvalue weighted by Crippen LogP contribution is 2.27. The Hall–Kier alpha value is -2.25. The van der Waals surface area contributed by atoms with Crippen LogP contribution in [0.15, 0.2) is 35.0 Å². The third-order valence-electron chi connectivity index (χ3n) is 4.78. The van der Waals surface area contributed by atoms with Crippen molar-refractivity contribution in [1.29, 1.82) is 0 Å². The third-order valence-corrected chi connectivity index (χ3v) is 5.52. The van der Waals surface area contributed by atoms with Gasteiger partial charge in [0.25, 0.3) is 0 Å². The van der Waals surface area contributed by atoms with Crippen LogP contribution in [0, 0.1) is 0 Å². The number of methoxy groups -OCH3 is 2. The average molecular weight is 390 g/mol. The lowest BCUT2D eigenvalue weighted by Crippen LogP contribution is -2.51. The summed E-state index contributed by atoms with van der Waals surface area (Å²) in [4.78, 5) is 16.7. The van der Waals surface area contributed by atoms with E-state index in [-0.39, 0.29) is 6.03 Å². The highest BCUT2D eigenvalue weighted by atomic mass is 32.1. The number of urea groups is 1. The molecule has 3 rings (SSSR count). The van der Waals surface area contributed by atoms with Crippen LogP contribution < -0.4 is 14.8 Å². The van der Waals surface area contributed by atoms with Crippen molar-refractivity contribution in [3.63, 3.8) is 0 Å². The number of piperazine rings is 1. The predicted octanol–water partition coefficient (Wildman–Crippen LogP) is 2.84. The van der Waals surface area contributed by atoms with Crippen molar-refractivity contribution in [2.45, 2.75) is 13.0 Å². The van der Waals surface area contributed by atoms with E-state index in [1.54, 1.807) is 25.6 Å². The van der Waals surface area contributed by atoms with Gasteiger partial charge in [0.2, 0.25) is 0 Å². The van der Waals surface area contributed by atoms with Crippen LogP contribution in [0.1, 0.15) is 11.1 Å². The van der Waals surface area contributed by atoms with Gasteiger partial charge in [0.15, 0.2) is 11.5 Å². The van der Waals surface area contributed by atoms with E-state index < -0.39 is 0 Å². The molecule has 27 heavy (non-hydrogen) atoms. The molecule has 1 saturated heterocycles. The average Bonchev–Trinajstić information content (AvgIpc) is 3.21. The van der Waals surface area contributed by atoms with Crippen LogP contribution in [0.25, 0.3) is 0 Å². The van der Waals surface area contributed by atoms with Crippen molar-refractivity contribution in [2.75, 3.05) is 46.9 Å². The molecule has 1 aromatic heterocycles. The highest BCUT2D eigenvalue weighted by Gasteiger charge is 2.20. The molecule has 2 heterocycles. The summed E-state index contributed by atoms with van der Waals surface area (Å²) in [5, 5.41) is 7.32. The number of ether oxygens (including phenoxy) is 2. The van der Waals surface area contributed by atoms with Crippen molar-refractivity contribution in [3.05, 3.63) is 46.2 Å². The first kappa shape index (κ1) is 19.5. The Balaban J connectivity index is 1.40. The summed E-state index contributed by atoms with van der Waals surface area (Å²) in [6, 6.07) is 8.02. The fraction of sp³-hybridized carbons (Fsp3) is 0.450. The highest BCUT2D eigenvalue weighted by molar-refractivity contribution is 7.07. The maximum Gasteiger partial charge on any atom is 0.317 e. The van der Waals surface area contributed by atoms with E-state index >= 15 is 0 Å². The van der Waals surface area contributed by atoms with Crippen molar-refractivity contribution < 1.29 is 14.3 Å². The van der Waals surface area contributed by atoms with Gasteiger partial charge in [0.05, 0.1) is 14.2 Å². The number of benzene rings is 1. The Kier molecular flexibility index (Phi) is 6.95. The molecule has 0 aliphatic carbocycles. The van der Waals surface area contributed by atoms with Gasteiger partial charge in [0.1, 0.15) is 0 Å². The number of rotatable bonds is 7. The SMILES string of the molecule is COc1ccc(CCNC(=O)N2CCN(Cc3ccsc3)CC2)cc1OC. The van der Waals surface area contributed by atoms with E-state index in [4.69, 9.17) is 9.47 Å². The first-order valence-corrected chi connectivity index (χ1v) is 10.1. The van der Waals surface area contributed by atoms with E-state index in [0.29, 0.717) is 18.0 Å². The van der Waals surface area contributed by atoms with E-state index in [0.717, 1.165) is 44.7 Å². The molecule has 2 amide bonds. The van der Waals surface area contributed by atoms with E-state index in [2.05, 4.69) is 27.0 Å². The summed E-state index contributed by atoms with van der Waals surface area (Å²) in [6.07, 6.45) is 0.754. The molecule has 146 valence electrons. The minimum Gasteiger partial charge on any atom is -0.493 e. The molecule has 7 heteroatoms. The van der Waals surface area contributed by atoms with E-state index in [9.17, 15) is 4.79 Å². The molecular weight excluding hydrogens is 362 g/mol. The molecule has 1 aliphatic rings. The molecule has 0 radical (unpaired) electrons. The predicted molar refractivity (Wildman–Crippen MR) is 108 cm³/mol. The monoisotopic (exact) mass is 389 g/mol. The zero-order valence-electron chi connectivity index (χ0n) is 15.9. The fourth-order valence-electron chi connectivity index (χ4n) is 3.21. The van der Waals surface area contributed by atoms with Gasteiger partial charge in [-0.1, -0.05) is 6.07 Å². The van der Waals surface area contributed by atoms with E-state index in [1.165, 1.54) is 5.56 Å². The summed E-state index contributed by atoms with van der Waals surface area (Å²) < 4.78 is 10.6.